The van der Waals surface area contributed by atoms with Gasteiger partial charge >= 0.3 is 0 Å². The Hall–Kier alpha value is -0.610. The molecule has 17 heavy (non-hydrogen) atoms. The normalized spacial score (nSPS) is 20.2. The molecular formula is C13H27N3O. The number of nitrogens with zero attached hydrogens (tertiary/aromatic N) is 1. The molecular weight excluding hydrogens is 214 g/mol. The molecule has 1 unspecified atom stereocenters. The quantitative estimate of drug-likeness (QED) is 0.724. The summed E-state index contributed by atoms with van der Waals surface area (Å²) in [5.74, 6) is 0.854. The minimum absolute atomic E-state index is 0.0683. The van der Waals surface area contributed by atoms with Gasteiger partial charge in [-0.3, -0.25) is 4.79 Å². The second-order valence-electron chi connectivity index (χ2n) is 5.17. The van der Waals surface area contributed by atoms with Crippen LogP contribution in [-0.2, 0) is 4.79 Å². The topological polar surface area (TPSA) is 44.4 Å². The largest absolute Gasteiger partial charge is 0.355 e. The minimum Gasteiger partial charge on any atom is -0.355 e. The summed E-state index contributed by atoms with van der Waals surface area (Å²) in [4.78, 5) is 14.0. The van der Waals surface area contributed by atoms with Crippen LogP contribution in [0.2, 0.25) is 0 Å². The first-order chi connectivity index (χ1) is 8.13. The SMILES string of the molecule is CCCNC(=O)C(C)NCC1CCN(C)CC1. The van der Waals surface area contributed by atoms with Crippen LogP contribution in [-0.4, -0.2) is 50.1 Å². The van der Waals surface area contributed by atoms with E-state index in [-0.39, 0.29) is 11.9 Å². The smallest absolute Gasteiger partial charge is 0.236 e. The van der Waals surface area contributed by atoms with Gasteiger partial charge in [-0.2, -0.15) is 0 Å². The van der Waals surface area contributed by atoms with Gasteiger partial charge in [0.25, 0.3) is 0 Å². The number of carbonyl (C=O) groups excluding carboxylic acids is 1. The van der Waals surface area contributed by atoms with E-state index in [9.17, 15) is 4.79 Å². The zero-order chi connectivity index (χ0) is 12.7. The predicted octanol–water partition coefficient (Wildman–Crippen LogP) is 0.833. The molecule has 0 aromatic heterocycles. The molecule has 0 aromatic rings. The van der Waals surface area contributed by atoms with Crippen LogP contribution in [0.15, 0.2) is 0 Å². The first-order valence-corrected chi connectivity index (χ1v) is 6.83. The Balaban J connectivity index is 2.14. The summed E-state index contributed by atoms with van der Waals surface area (Å²) in [6.45, 7) is 8.12. The molecule has 1 amide bonds. The van der Waals surface area contributed by atoms with E-state index in [0.29, 0.717) is 0 Å². The highest BCUT2D eigenvalue weighted by molar-refractivity contribution is 5.81. The molecule has 1 atom stereocenters. The summed E-state index contributed by atoms with van der Waals surface area (Å²) in [5, 5.41) is 6.26. The molecule has 0 saturated carbocycles. The van der Waals surface area contributed by atoms with Crippen molar-refractivity contribution in [3.63, 3.8) is 0 Å². The van der Waals surface area contributed by atoms with Gasteiger partial charge in [-0.1, -0.05) is 6.92 Å². The molecule has 0 spiro atoms. The average molecular weight is 241 g/mol. The van der Waals surface area contributed by atoms with Gasteiger partial charge < -0.3 is 15.5 Å². The Morgan fingerprint density at radius 2 is 2.06 bits per heavy atom. The van der Waals surface area contributed by atoms with Crippen LogP contribution >= 0.6 is 0 Å². The van der Waals surface area contributed by atoms with E-state index in [0.717, 1.165) is 25.4 Å². The molecule has 1 saturated heterocycles. The molecule has 4 heteroatoms. The minimum atomic E-state index is -0.0683. The van der Waals surface area contributed by atoms with Gasteiger partial charge in [0.1, 0.15) is 0 Å². The molecule has 0 aliphatic carbocycles. The lowest BCUT2D eigenvalue weighted by Crippen LogP contribution is -2.45. The highest BCUT2D eigenvalue weighted by Gasteiger charge is 2.18. The summed E-state index contributed by atoms with van der Waals surface area (Å²) in [6, 6.07) is -0.0683. The van der Waals surface area contributed by atoms with E-state index in [1.165, 1.54) is 25.9 Å². The zero-order valence-electron chi connectivity index (χ0n) is 11.5. The maximum absolute atomic E-state index is 11.6. The fourth-order valence-electron chi connectivity index (χ4n) is 2.10. The number of carbonyl (C=O) groups is 1. The highest BCUT2D eigenvalue weighted by atomic mass is 16.2. The fourth-order valence-corrected chi connectivity index (χ4v) is 2.10. The summed E-state index contributed by atoms with van der Waals surface area (Å²) in [6.07, 6.45) is 3.48. The number of likely N-dealkylation sites (tertiary alicyclic amines) is 1. The fraction of sp³-hybridized carbons (Fsp3) is 0.923. The van der Waals surface area contributed by atoms with Crippen LogP contribution in [0, 0.1) is 5.92 Å². The van der Waals surface area contributed by atoms with Crippen molar-refractivity contribution >= 4 is 5.91 Å². The third kappa shape index (κ3) is 5.50. The summed E-state index contributed by atoms with van der Waals surface area (Å²) >= 11 is 0. The van der Waals surface area contributed by atoms with E-state index in [1.807, 2.05) is 6.92 Å². The Labute approximate surface area is 105 Å². The summed E-state index contributed by atoms with van der Waals surface area (Å²) in [5.41, 5.74) is 0. The van der Waals surface area contributed by atoms with Crippen LogP contribution in [0.4, 0.5) is 0 Å². The van der Waals surface area contributed by atoms with Crippen molar-refractivity contribution in [2.75, 3.05) is 33.2 Å². The Kier molecular flexibility index (Phi) is 6.52. The zero-order valence-corrected chi connectivity index (χ0v) is 11.5. The van der Waals surface area contributed by atoms with Crippen LogP contribution in [0.5, 0.6) is 0 Å². The lowest BCUT2D eigenvalue weighted by molar-refractivity contribution is -0.122. The van der Waals surface area contributed by atoms with Crippen molar-refractivity contribution in [3.8, 4) is 0 Å². The second kappa shape index (κ2) is 7.67. The lowest BCUT2D eigenvalue weighted by atomic mass is 9.97. The van der Waals surface area contributed by atoms with Gasteiger partial charge in [0, 0.05) is 6.54 Å². The lowest BCUT2D eigenvalue weighted by Gasteiger charge is -2.29. The Morgan fingerprint density at radius 3 is 2.65 bits per heavy atom. The van der Waals surface area contributed by atoms with Crippen molar-refractivity contribution in [1.29, 1.82) is 0 Å². The first kappa shape index (κ1) is 14.5. The third-order valence-electron chi connectivity index (χ3n) is 3.49. The number of nitrogens with one attached hydrogen (secondary N) is 2. The van der Waals surface area contributed by atoms with Gasteiger partial charge in [0.2, 0.25) is 5.91 Å². The Morgan fingerprint density at radius 1 is 1.41 bits per heavy atom. The van der Waals surface area contributed by atoms with E-state index in [1.54, 1.807) is 0 Å². The van der Waals surface area contributed by atoms with Crippen LogP contribution < -0.4 is 10.6 Å². The number of amides is 1. The predicted molar refractivity (Wildman–Crippen MR) is 71.0 cm³/mol. The van der Waals surface area contributed by atoms with Crippen molar-refractivity contribution in [2.24, 2.45) is 5.92 Å². The molecule has 4 nitrogen and oxygen atoms in total. The van der Waals surface area contributed by atoms with Crippen molar-refractivity contribution in [1.82, 2.24) is 15.5 Å². The molecule has 1 aliphatic rings. The van der Waals surface area contributed by atoms with Crippen molar-refractivity contribution < 1.29 is 4.79 Å². The van der Waals surface area contributed by atoms with Gasteiger partial charge in [-0.25, -0.2) is 0 Å². The molecule has 0 bridgehead atoms. The van der Waals surface area contributed by atoms with Gasteiger partial charge in [-0.15, -0.1) is 0 Å². The molecule has 1 aliphatic heterocycles. The highest BCUT2D eigenvalue weighted by Crippen LogP contribution is 2.14. The van der Waals surface area contributed by atoms with Crippen LogP contribution in [0.1, 0.15) is 33.1 Å². The standard InChI is InChI=1S/C13H27N3O/c1-4-7-14-13(17)11(2)15-10-12-5-8-16(3)9-6-12/h11-12,15H,4-10H2,1-3H3,(H,14,17). The molecule has 100 valence electrons. The number of hydrogen-bond acceptors (Lipinski definition) is 3. The molecule has 1 fully saturated rings. The summed E-state index contributed by atoms with van der Waals surface area (Å²) < 4.78 is 0. The second-order valence-corrected chi connectivity index (χ2v) is 5.17. The van der Waals surface area contributed by atoms with Gasteiger partial charge in [-0.05, 0) is 58.8 Å². The van der Waals surface area contributed by atoms with Crippen LogP contribution in [0.3, 0.4) is 0 Å². The van der Waals surface area contributed by atoms with Gasteiger partial charge in [0.15, 0.2) is 0 Å². The van der Waals surface area contributed by atoms with E-state index in [4.69, 9.17) is 0 Å². The monoisotopic (exact) mass is 241 g/mol. The molecule has 0 radical (unpaired) electrons. The van der Waals surface area contributed by atoms with Crippen molar-refractivity contribution in [2.45, 2.75) is 39.2 Å². The maximum Gasteiger partial charge on any atom is 0.236 e. The average Bonchev–Trinajstić information content (AvgIpc) is 2.34. The van der Waals surface area contributed by atoms with E-state index >= 15 is 0 Å². The van der Waals surface area contributed by atoms with Crippen molar-refractivity contribution in [3.05, 3.63) is 0 Å². The number of hydrogen-bond donors (Lipinski definition) is 2. The summed E-state index contributed by atoms with van der Waals surface area (Å²) in [7, 11) is 2.17. The third-order valence-corrected chi connectivity index (χ3v) is 3.49. The maximum atomic E-state index is 11.6. The molecule has 0 aromatic carbocycles. The van der Waals surface area contributed by atoms with E-state index < -0.39 is 0 Å². The molecule has 1 rings (SSSR count). The first-order valence-electron chi connectivity index (χ1n) is 6.83. The number of rotatable bonds is 6. The van der Waals surface area contributed by atoms with Crippen LogP contribution in [0.25, 0.3) is 0 Å². The van der Waals surface area contributed by atoms with Gasteiger partial charge in [0.05, 0.1) is 6.04 Å². The molecule has 2 N–H and O–H groups in total. The number of piperidine rings is 1. The van der Waals surface area contributed by atoms with E-state index in [2.05, 4.69) is 29.5 Å². The molecule has 1 heterocycles. The Bertz CT molecular complexity index is 225.